The van der Waals surface area contributed by atoms with E-state index in [2.05, 4.69) is 5.32 Å². The van der Waals surface area contributed by atoms with Gasteiger partial charge >= 0.3 is 0 Å². The number of halogens is 1. The standard InChI is InChI=1S/C13H18FNO2S/c1-10(8-16)9-18-7-6-13(17)15-12-5-3-2-4-11(12)14/h2-5,10,16H,6-9H2,1H3,(H,15,17). The minimum absolute atomic E-state index is 0.161. The Bertz CT molecular complexity index is 387. The Balaban J connectivity index is 2.24. The van der Waals surface area contributed by atoms with E-state index in [1.807, 2.05) is 6.92 Å². The molecule has 100 valence electrons. The summed E-state index contributed by atoms with van der Waals surface area (Å²) in [5, 5.41) is 11.4. The lowest BCUT2D eigenvalue weighted by atomic mass is 10.2. The molecule has 3 nitrogen and oxygen atoms in total. The third-order valence-electron chi connectivity index (χ3n) is 2.34. The van der Waals surface area contributed by atoms with Crippen molar-refractivity contribution in [1.82, 2.24) is 0 Å². The molecule has 18 heavy (non-hydrogen) atoms. The Morgan fingerprint density at radius 2 is 2.22 bits per heavy atom. The van der Waals surface area contributed by atoms with Crippen LogP contribution in [-0.2, 0) is 4.79 Å². The molecule has 1 atom stereocenters. The second kappa shape index (κ2) is 8.11. The maximum atomic E-state index is 13.2. The summed E-state index contributed by atoms with van der Waals surface area (Å²) in [6.45, 7) is 2.11. The van der Waals surface area contributed by atoms with Crippen molar-refractivity contribution >= 4 is 23.4 Å². The molecule has 1 amide bonds. The van der Waals surface area contributed by atoms with Crippen molar-refractivity contribution in [3.8, 4) is 0 Å². The smallest absolute Gasteiger partial charge is 0.225 e. The number of carbonyl (C=O) groups is 1. The van der Waals surface area contributed by atoms with Crippen LogP contribution in [0.25, 0.3) is 0 Å². The van der Waals surface area contributed by atoms with E-state index in [4.69, 9.17) is 5.11 Å². The Hall–Kier alpha value is -1.07. The number of aliphatic hydroxyl groups is 1. The third kappa shape index (κ3) is 5.51. The molecule has 1 unspecified atom stereocenters. The number of carbonyl (C=O) groups excluding carboxylic acids is 1. The van der Waals surface area contributed by atoms with Gasteiger partial charge < -0.3 is 10.4 Å². The number of thioether (sulfide) groups is 1. The van der Waals surface area contributed by atoms with Crippen LogP contribution in [0.3, 0.4) is 0 Å². The molecule has 2 N–H and O–H groups in total. The number of anilines is 1. The van der Waals surface area contributed by atoms with Crippen LogP contribution in [0, 0.1) is 11.7 Å². The van der Waals surface area contributed by atoms with Crippen LogP contribution in [0.5, 0.6) is 0 Å². The lowest BCUT2D eigenvalue weighted by molar-refractivity contribution is -0.115. The fourth-order valence-corrected chi connectivity index (χ4v) is 2.28. The molecule has 0 radical (unpaired) electrons. The van der Waals surface area contributed by atoms with Crippen molar-refractivity contribution in [2.24, 2.45) is 5.92 Å². The Kier molecular flexibility index (Phi) is 6.75. The molecular weight excluding hydrogens is 253 g/mol. The van der Waals surface area contributed by atoms with Gasteiger partial charge in [-0.2, -0.15) is 11.8 Å². The monoisotopic (exact) mass is 271 g/mol. The van der Waals surface area contributed by atoms with E-state index in [0.29, 0.717) is 12.2 Å². The number of nitrogens with one attached hydrogen (secondary N) is 1. The fraction of sp³-hybridized carbons (Fsp3) is 0.462. The highest BCUT2D eigenvalue weighted by Crippen LogP contribution is 2.14. The average Bonchev–Trinajstić information content (AvgIpc) is 2.37. The first-order valence-corrected chi connectivity index (χ1v) is 7.02. The zero-order chi connectivity index (χ0) is 13.4. The van der Waals surface area contributed by atoms with E-state index in [-0.39, 0.29) is 24.1 Å². The summed E-state index contributed by atoms with van der Waals surface area (Å²) in [5.74, 6) is 1.12. The molecule has 0 aliphatic rings. The molecule has 0 bridgehead atoms. The SMILES string of the molecule is CC(CO)CSCCC(=O)Nc1ccccc1F. The van der Waals surface area contributed by atoms with Crippen molar-refractivity contribution in [3.05, 3.63) is 30.1 Å². The summed E-state index contributed by atoms with van der Waals surface area (Å²) >= 11 is 1.61. The molecule has 1 aromatic carbocycles. The topological polar surface area (TPSA) is 49.3 Å². The lowest BCUT2D eigenvalue weighted by Gasteiger charge is -2.08. The van der Waals surface area contributed by atoms with E-state index in [9.17, 15) is 9.18 Å². The van der Waals surface area contributed by atoms with Crippen LogP contribution in [0.2, 0.25) is 0 Å². The number of para-hydroxylation sites is 1. The van der Waals surface area contributed by atoms with Gasteiger partial charge in [-0.3, -0.25) is 4.79 Å². The first-order valence-electron chi connectivity index (χ1n) is 5.86. The van der Waals surface area contributed by atoms with Crippen molar-refractivity contribution in [2.45, 2.75) is 13.3 Å². The number of hydrogen-bond donors (Lipinski definition) is 2. The highest BCUT2D eigenvalue weighted by molar-refractivity contribution is 7.99. The molecule has 0 spiro atoms. The molecule has 1 aromatic rings. The summed E-state index contributed by atoms with van der Waals surface area (Å²) in [6, 6.07) is 6.11. The van der Waals surface area contributed by atoms with Gasteiger partial charge in [-0.15, -0.1) is 0 Å². The minimum Gasteiger partial charge on any atom is -0.396 e. The second-order valence-corrected chi connectivity index (χ2v) is 5.29. The largest absolute Gasteiger partial charge is 0.396 e. The number of hydrogen-bond acceptors (Lipinski definition) is 3. The molecule has 0 saturated heterocycles. The maximum Gasteiger partial charge on any atom is 0.225 e. The van der Waals surface area contributed by atoms with Crippen LogP contribution in [0.4, 0.5) is 10.1 Å². The molecule has 0 aliphatic heterocycles. The summed E-state index contributed by atoms with van der Waals surface area (Å²) in [4.78, 5) is 11.5. The van der Waals surface area contributed by atoms with Gasteiger partial charge in [-0.25, -0.2) is 4.39 Å². The minimum atomic E-state index is -0.424. The fourth-order valence-electron chi connectivity index (χ4n) is 1.28. The summed E-state index contributed by atoms with van der Waals surface area (Å²) in [6.07, 6.45) is 0.344. The Morgan fingerprint density at radius 3 is 2.89 bits per heavy atom. The summed E-state index contributed by atoms with van der Waals surface area (Å²) in [5.41, 5.74) is 0.219. The lowest BCUT2D eigenvalue weighted by Crippen LogP contribution is -2.14. The van der Waals surface area contributed by atoms with Crippen molar-refractivity contribution in [1.29, 1.82) is 0 Å². The first-order chi connectivity index (χ1) is 8.63. The molecule has 0 aromatic heterocycles. The molecule has 0 aliphatic carbocycles. The number of aliphatic hydroxyl groups excluding tert-OH is 1. The van der Waals surface area contributed by atoms with Crippen molar-refractivity contribution in [2.75, 3.05) is 23.4 Å². The van der Waals surface area contributed by atoms with Crippen LogP contribution in [0.15, 0.2) is 24.3 Å². The van der Waals surface area contributed by atoms with E-state index in [1.165, 1.54) is 12.1 Å². The molecular formula is C13H18FNO2S. The van der Waals surface area contributed by atoms with Crippen LogP contribution in [0.1, 0.15) is 13.3 Å². The van der Waals surface area contributed by atoms with Crippen LogP contribution < -0.4 is 5.32 Å². The number of amides is 1. The quantitative estimate of drug-likeness (QED) is 0.749. The van der Waals surface area contributed by atoms with Crippen LogP contribution in [-0.4, -0.2) is 29.1 Å². The predicted octanol–water partition coefficient (Wildman–Crippen LogP) is 2.52. The molecule has 5 heteroatoms. The van der Waals surface area contributed by atoms with Gasteiger partial charge in [0.1, 0.15) is 5.82 Å². The number of benzene rings is 1. The van der Waals surface area contributed by atoms with Gasteiger partial charge in [-0.1, -0.05) is 19.1 Å². The third-order valence-corrected chi connectivity index (χ3v) is 3.63. The summed E-state index contributed by atoms with van der Waals surface area (Å²) < 4.78 is 13.2. The molecule has 0 fully saturated rings. The van der Waals surface area contributed by atoms with E-state index >= 15 is 0 Å². The first kappa shape index (κ1) is 15.0. The normalized spacial score (nSPS) is 12.2. The van der Waals surface area contributed by atoms with E-state index < -0.39 is 5.82 Å². The average molecular weight is 271 g/mol. The highest BCUT2D eigenvalue weighted by atomic mass is 32.2. The van der Waals surface area contributed by atoms with Gasteiger partial charge in [-0.05, 0) is 23.8 Å². The Morgan fingerprint density at radius 1 is 1.50 bits per heavy atom. The van der Waals surface area contributed by atoms with Crippen LogP contribution >= 0.6 is 11.8 Å². The van der Waals surface area contributed by atoms with E-state index in [1.54, 1.807) is 23.9 Å². The zero-order valence-corrected chi connectivity index (χ0v) is 11.2. The molecule has 1 rings (SSSR count). The highest BCUT2D eigenvalue weighted by Gasteiger charge is 2.06. The van der Waals surface area contributed by atoms with Crippen molar-refractivity contribution < 1.29 is 14.3 Å². The molecule has 0 heterocycles. The second-order valence-electron chi connectivity index (χ2n) is 4.14. The molecule has 0 saturated carbocycles. The maximum absolute atomic E-state index is 13.2. The van der Waals surface area contributed by atoms with Gasteiger partial charge in [0, 0.05) is 18.8 Å². The van der Waals surface area contributed by atoms with Gasteiger partial charge in [0.25, 0.3) is 0 Å². The van der Waals surface area contributed by atoms with Gasteiger partial charge in [0.05, 0.1) is 5.69 Å². The van der Waals surface area contributed by atoms with Crippen molar-refractivity contribution in [3.63, 3.8) is 0 Å². The Labute approximate surface area is 111 Å². The van der Waals surface area contributed by atoms with E-state index in [0.717, 1.165) is 5.75 Å². The zero-order valence-electron chi connectivity index (χ0n) is 10.4. The summed E-state index contributed by atoms with van der Waals surface area (Å²) in [7, 11) is 0. The predicted molar refractivity (Wildman–Crippen MR) is 73.2 cm³/mol. The number of rotatable bonds is 7. The van der Waals surface area contributed by atoms with Gasteiger partial charge in [0.2, 0.25) is 5.91 Å². The van der Waals surface area contributed by atoms with Gasteiger partial charge in [0.15, 0.2) is 0 Å².